The van der Waals surface area contributed by atoms with Crippen molar-refractivity contribution in [3.05, 3.63) is 52.0 Å². The molecule has 1 aliphatic rings. The Hall–Kier alpha value is -2.22. The zero-order valence-electron chi connectivity index (χ0n) is 18.7. The summed E-state index contributed by atoms with van der Waals surface area (Å²) in [5.74, 6) is 1.26. The van der Waals surface area contributed by atoms with Gasteiger partial charge in [-0.1, -0.05) is 26.0 Å². The van der Waals surface area contributed by atoms with E-state index in [1.165, 1.54) is 0 Å². The summed E-state index contributed by atoms with van der Waals surface area (Å²) in [4.78, 5) is 19.2. The number of carbonyl (C=O) groups excluding carboxylic acids is 1. The first-order valence-electron chi connectivity index (χ1n) is 10.9. The van der Waals surface area contributed by atoms with Crippen LogP contribution in [0.5, 0.6) is 5.75 Å². The lowest BCUT2D eigenvalue weighted by atomic mass is 10.0. The molecule has 3 rings (SSSR count). The summed E-state index contributed by atoms with van der Waals surface area (Å²) in [6.45, 7) is 10.9. The normalized spacial score (nSPS) is 16.0. The van der Waals surface area contributed by atoms with E-state index in [9.17, 15) is 4.79 Å². The Bertz CT molecular complexity index is 859. The summed E-state index contributed by atoms with van der Waals surface area (Å²) < 4.78 is 11.3. The SMILES string of the molecule is Cc1nc(COc2cccc(/C=C/C(=O)NCC(CC(C)C)N3CCOCC3)c2)cs1. The van der Waals surface area contributed by atoms with Crippen LogP contribution in [0.1, 0.15) is 36.5 Å². The van der Waals surface area contributed by atoms with E-state index in [1.807, 2.05) is 42.6 Å². The molecule has 1 atom stereocenters. The van der Waals surface area contributed by atoms with E-state index in [1.54, 1.807) is 17.4 Å². The van der Waals surface area contributed by atoms with Gasteiger partial charge < -0.3 is 14.8 Å². The molecule has 2 heterocycles. The molecule has 0 spiro atoms. The zero-order valence-corrected chi connectivity index (χ0v) is 19.5. The van der Waals surface area contributed by atoms with Gasteiger partial charge in [-0.2, -0.15) is 0 Å². The number of hydrogen-bond donors (Lipinski definition) is 1. The Morgan fingerprint density at radius 1 is 1.35 bits per heavy atom. The average Bonchev–Trinajstić information content (AvgIpc) is 3.19. The number of morpholine rings is 1. The highest BCUT2D eigenvalue weighted by Gasteiger charge is 2.22. The Labute approximate surface area is 189 Å². The topological polar surface area (TPSA) is 63.7 Å². The Morgan fingerprint density at radius 3 is 2.87 bits per heavy atom. The summed E-state index contributed by atoms with van der Waals surface area (Å²) in [7, 11) is 0. The number of hydrogen-bond acceptors (Lipinski definition) is 6. The van der Waals surface area contributed by atoms with Crippen molar-refractivity contribution in [2.24, 2.45) is 5.92 Å². The summed E-state index contributed by atoms with van der Waals surface area (Å²) >= 11 is 1.62. The summed E-state index contributed by atoms with van der Waals surface area (Å²) in [6.07, 6.45) is 4.47. The van der Waals surface area contributed by atoms with Gasteiger partial charge in [-0.15, -0.1) is 11.3 Å². The molecule has 1 fully saturated rings. The van der Waals surface area contributed by atoms with Crippen molar-refractivity contribution in [3.63, 3.8) is 0 Å². The average molecular weight is 444 g/mol. The maximum atomic E-state index is 12.4. The van der Waals surface area contributed by atoms with Crippen LogP contribution in [-0.4, -0.2) is 54.7 Å². The van der Waals surface area contributed by atoms with Crippen LogP contribution in [0.25, 0.3) is 6.08 Å². The molecule has 2 aromatic rings. The lowest BCUT2D eigenvalue weighted by Gasteiger charge is -2.35. The molecule has 0 bridgehead atoms. The molecular formula is C24H33N3O3S. The molecule has 168 valence electrons. The lowest BCUT2D eigenvalue weighted by Crippen LogP contribution is -2.49. The molecule has 1 saturated heterocycles. The van der Waals surface area contributed by atoms with Crippen LogP contribution < -0.4 is 10.1 Å². The fourth-order valence-electron chi connectivity index (χ4n) is 3.64. The molecule has 1 aromatic carbocycles. The summed E-state index contributed by atoms with van der Waals surface area (Å²) in [5, 5.41) is 6.11. The van der Waals surface area contributed by atoms with Crippen LogP contribution >= 0.6 is 11.3 Å². The van der Waals surface area contributed by atoms with Crippen molar-refractivity contribution in [2.75, 3.05) is 32.8 Å². The molecule has 6 nitrogen and oxygen atoms in total. The van der Waals surface area contributed by atoms with Crippen molar-refractivity contribution >= 4 is 23.3 Å². The molecule has 1 unspecified atom stereocenters. The third-order valence-electron chi connectivity index (χ3n) is 5.16. The second-order valence-corrected chi connectivity index (χ2v) is 9.29. The Morgan fingerprint density at radius 2 is 2.16 bits per heavy atom. The first-order chi connectivity index (χ1) is 15.0. The van der Waals surface area contributed by atoms with E-state index >= 15 is 0 Å². The maximum absolute atomic E-state index is 12.4. The molecule has 31 heavy (non-hydrogen) atoms. The van der Waals surface area contributed by atoms with Gasteiger partial charge in [-0.05, 0) is 43.0 Å². The lowest BCUT2D eigenvalue weighted by molar-refractivity contribution is -0.116. The van der Waals surface area contributed by atoms with Gasteiger partial charge in [-0.3, -0.25) is 9.69 Å². The minimum atomic E-state index is -0.0775. The number of nitrogens with zero attached hydrogens (tertiary/aromatic N) is 2. The van der Waals surface area contributed by atoms with E-state index in [0.717, 1.165) is 54.7 Å². The van der Waals surface area contributed by atoms with Gasteiger partial charge in [-0.25, -0.2) is 4.98 Å². The molecule has 1 aromatic heterocycles. The van der Waals surface area contributed by atoms with E-state index in [-0.39, 0.29) is 5.91 Å². The summed E-state index contributed by atoms with van der Waals surface area (Å²) in [6, 6.07) is 8.07. The highest BCUT2D eigenvalue weighted by Crippen LogP contribution is 2.17. The molecule has 0 saturated carbocycles. The van der Waals surface area contributed by atoms with E-state index in [2.05, 4.69) is 29.0 Å². The van der Waals surface area contributed by atoms with Crippen LogP contribution in [0, 0.1) is 12.8 Å². The molecule has 1 N–H and O–H groups in total. The Kier molecular flexibility index (Phi) is 9.06. The number of aryl methyl sites for hydroxylation is 1. The third kappa shape index (κ3) is 8.09. The minimum absolute atomic E-state index is 0.0775. The monoisotopic (exact) mass is 443 g/mol. The van der Waals surface area contributed by atoms with Crippen LogP contribution in [-0.2, 0) is 16.1 Å². The number of aromatic nitrogens is 1. The largest absolute Gasteiger partial charge is 0.487 e. The number of thiazole rings is 1. The molecular weight excluding hydrogens is 410 g/mol. The van der Waals surface area contributed by atoms with E-state index in [0.29, 0.717) is 25.1 Å². The number of nitrogens with one attached hydrogen (secondary N) is 1. The maximum Gasteiger partial charge on any atom is 0.244 e. The zero-order chi connectivity index (χ0) is 22.1. The summed E-state index contributed by atoms with van der Waals surface area (Å²) in [5.41, 5.74) is 1.85. The first-order valence-corrected chi connectivity index (χ1v) is 11.8. The highest BCUT2D eigenvalue weighted by atomic mass is 32.1. The number of rotatable bonds is 10. The van der Waals surface area contributed by atoms with E-state index < -0.39 is 0 Å². The predicted molar refractivity (Wildman–Crippen MR) is 125 cm³/mol. The molecule has 0 aliphatic carbocycles. The van der Waals surface area contributed by atoms with Crippen molar-refractivity contribution < 1.29 is 14.3 Å². The number of carbonyl (C=O) groups is 1. The van der Waals surface area contributed by atoms with Crippen LogP contribution in [0.2, 0.25) is 0 Å². The minimum Gasteiger partial charge on any atom is -0.487 e. The second-order valence-electron chi connectivity index (χ2n) is 8.23. The van der Waals surface area contributed by atoms with Crippen LogP contribution in [0.3, 0.4) is 0 Å². The predicted octanol–water partition coefficient (Wildman–Crippen LogP) is 3.91. The van der Waals surface area contributed by atoms with Gasteiger partial charge in [0.1, 0.15) is 12.4 Å². The molecule has 1 aliphatic heterocycles. The quantitative estimate of drug-likeness (QED) is 0.564. The fourth-order valence-corrected chi connectivity index (χ4v) is 4.23. The fraction of sp³-hybridized carbons (Fsp3) is 0.500. The standard InChI is InChI=1S/C24H33N3O3S/c1-18(2)13-22(27-9-11-29-12-10-27)15-25-24(28)8-7-20-5-4-6-23(14-20)30-16-21-17-31-19(3)26-21/h4-8,14,17-18,22H,9-13,15-16H2,1-3H3,(H,25,28)/b8-7+. The van der Waals surface area contributed by atoms with Gasteiger partial charge >= 0.3 is 0 Å². The Balaban J connectivity index is 1.50. The van der Waals surface area contributed by atoms with Crippen LogP contribution in [0.15, 0.2) is 35.7 Å². The smallest absolute Gasteiger partial charge is 0.244 e. The van der Waals surface area contributed by atoms with Gasteiger partial charge in [0.15, 0.2) is 0 Å². The first kappa shape index (κ1) is 23.4. The van der Waals surface area contributed by atoms with Gasteiger partial charge in [0.25, 0.3) is 0 Å². The van der Waals surface area contributed by atoms with Crippen LogP contribution in [0.4, 0.5) is 0 Å². The number of amides is 1. The third-order valence-corrected chi connectivity index (χ3v) is 5.98. The van der Waals surface area contributed by atoms with Crippen molar-refractivity contribution in [2.45, 2.75) is 39.8 Å². The van der Waals surface area contributed by atoms with Crippen molar-refractivity contribution in [1.29, 1.82) is 0 Å². The molecule has 0 radical (unpaired) electrons. The van der Waals surface area contributed by atoms with Gasteiger partial charge in [0, 0.05) is 37.1 Å². The molecule has 1 amide bonds. The second kappa shape index (κ2) is 12.0. The van der Waals surface area contributed by atoms with Crippen molar-refractivity contribution in [1.82, 2.24) is 15.2 Å². The molecule has 7 heteroatoms. The van der Waals surface area contributed by atoms with Gasteiger partial charge in [0.05, 0.1) is 23.9 Å². The highest BCUT2D eigenvalue weighted by molar-refractivity contribution is 7.09. The number of benzene rings is 1. The van der Waals surface area contributed by atoms with Gasteiger partial charge in [0.2, 0.25) is 5.91 Å². The van der Waals surface area contributed by atoms with Crippen molar-refractivity contribution in [3.8, 4) is 5.75 Å². The van der Waals surface area contributed by atoms with E-state index in [4.69, 9.17) is 9.47 Å². The number of ether oxygens (including phenoxy) is 2.